The molecule has 1 saturated heterocycles. The molecule has 14 heteroatoms. The van der Waals surface area contributed by atoms with Crippen LogP contribution in [0.3, 0.4) is 0 Å². The van der Waals surface area contributed by atoms with Gasteiger partial charge in [-0.25, -0.2) is 19.7 Å². The number of thiazole rings is 1. The highest BCUT2D eigenvalue weighted by atomic mass is 35.5. The van der Waals surface area contributed by atoms with Crippen molar-refractivity contribution in [2.75, 3.05) is 50.7 Å². The summed E-state index contributed by atoms with van der Waals surface area (Å²) in [5, 5.41) is 14.0. The molecule has 38 heavy (non-hydrogen) atoms. The van der Waals surface area contributed by atoms with Crippen LogP contribution in [0.25, 0.3) is 11.4 Å². The first-order chi connectivity index (χ1) is 18.2. The number of carbonyl (C=O) groups excluding carboxylic acids is 1. The maximum atomic E-state index is 12.9. The van der Waals surface area contributed by atoms with Gasteiger partial charge in [-0.15, -0.1) is 0 Å². The number of carboxylic acids is 1. The first-order valence-electron chi connectivity index (χ1n) is 11.9. The van der Waals surface area contributed by atoms with Crippen molar-refractivity contribution in [3.8, 4) is 11.4 Å². The first-order valence-corrected chi connectivity index (χ1v) is 13.4. The Morgan fingerprint density at radius 1 is 1.26 bits per heavy atom. The molecule has 1 aliphatic rings. The lowest BCUT2D eigenvalue weighted by atomic mass is 9.88. The molecule has 3 aromatic rings. The number of hydrogen-bond donors (Lipinski definition) is 3. The van der Waals surface area contributed by atoms with Gasteiger partial charge in [0.2, 0.25) is 0 Å². The molecule has 0 amide bonds. The quantitative estimate of drug-likeness (QED) is 0.219. The fourth-order valence-corrected chi connectivity index (χ4v) is 5.71. The summed E-state index contributed by atoms with van der Waals surface area (Å²) in [7, 11) is 3.21. The van der Waals surface area contributed by atoms with E-state index in [1.807, 2.05) is 4.90 Å². The van der Waals surface area contributed by atoms with Crippen molar-refractivity contribution < 1.29 is 24.2 Å². The van der Waals surface area contributed by atoms with Crippen molar-refractivity contribution in [1.82, 2.24) is 19.9 Å². The molecule has 204 valence electrons. The largest absolute Gasteiger partial charge is 0.477 e. The van der Waals surface area contributed by atoms with Gasteiger partial charge in [-0.3, -0.25) is 4.79 Å². The number of nitrogens with zero attached hydrogens (tertiary/aromatic N) is 4. The van der Waals surface area contributed by atoms with Gasteiger partial charge < -0.3 is 29.8 Å². The molecule has 1 fully saturated rings. The van der Waals surface area contributed by atoms with E-state index in [-0.39, 0.29) is 39.8 Å². The van der Waals surface area contributed by atoms with Crippen LogP contribution in [0, 0.1) is 12.8 Å². The van der Waals surface area contributed by atoms with Crippen molar-refractivity contribution in [1.29, 1.82) is 0 Å². The minimum Gasteiger partial charge on any atom is -0.477 e. The van der Waals surface area contributed by atoms with Crippen molar-refractivity contribution in [2.45, 2.75) is 25.9 Å². The van der Waals surface area contributed by atoms with Crippen LogP contribution in [-0.4, -0.2) is 83.4 Å². The summed E-state index contributed by atoms with van der Waals surface area (Å²) in [6.07, 6.45) is 3.65. The molecule has 0 radical (unpaired) electrons. The zero-order chi connectivity index (χ0) is 27.4. The molecular weight excluding hydrogens is 555 g/mol. The van der Waals surface area contributed by atoms with Gasteiger partial charge >= 0.3 is 5.97 Å². The molecule has 2 atom stereocenters. The topological polar surface area (TPSA) is 143 Å². The van der Waals surface area contributed by atoms with E-state index in [1.165, 1.54) is 12.4 Å². The first kappa shape index (κ1) is 28.2. The number of hydrogen-bond acceptors (Lipinski definition) is 10. The lowest BCUT2D eigenvalue weighted by Gasteiger charge is -2.37. The van der Waals surface area contributed by atoms with Crippen molar-refractivity contribution in [3.05, 3.63) is 38.7 Å². The van der Waals surface area contributed by atoms with Crippen molar-refractivity contribution in [2.24, 2.45) is 5.92 Å². The summed E-state index contributed by atoms with van der Waals surface area (Å²) in [6, 6.07) is 0. The smallest absolute Gasteiger partial charge is 0.348 e. The number of piperidine rings is 1. The number of aryl methyl sites for hydroxylation is 1. The molecule has 11 nitrogen and oxygen atoms in total. The van der Waals surface area contributed by atoms with Crippen LogP contribution in [0.5, 0.6) is 0 Å². The Bertz CT molecular complexity index is 1300. The van der Waals surface area contributed by atoms with Crippen molar-refractivity contribution in [3.63, 3.8) is 0 Å². The van der Waals surface area contributed by atoms with Crippen LogP contribution < -0.4 is 10.2 Å². The van der Waals surface area contributed by atoms with E-state index in [0.717, 1.165) is 11.3 Å². The maximum absolute atomic E-state index is 12.9. The predicted molar refractivity (Wildman–Crippen MR) is 146 cm³/mol. The van der Waals surface area contributed by atoms with Gasteiger partial charge in [-0.05, 0) is 19.3 Å². The molecule has 0 aliphatic carbocycles. The number of aromatic nitrogens is 4. The zero-order valence-electron chi connectivity index (χ0n) is 21.1. The molecule has 4 rings (SSSR count). The minimum atomic E-state index is -1.09. The van der Waals surface area contributed by atoms with E-state index in [9.17, 15) is 14.7 Å². The second-order valence-corrected chi connectivity index (χ2v) is 10.6. The zero-order valence-corrected chi connectivity index (χ0v) is 23.4. The lowest BCUT2D eigenvalue weighted by molar-refractivity contribution is 0.0375. The molecule has 0 bridgehead atoms. The summed E-state index contributed by atoms with van der Waals surface area (Å²) < 4.78 is 10.7. The van der Waals surface area contributed by atoms with Gasteiger partial charge in [0.05, 0.1) is 35.1 Å². The molecule has 0 unspecified atom stereocenters. The number of anilines is 2. The number of halogens is 2. The van der Waals surface area contributed by atoms with E-state index in [1.54, 1.807) is 21.1 Å². The van der Waals surface area contributed by atoms with E-state index in [0.29, 0.717) is 65.7 Å². The summed E-state index contributed by atoms with van der Waals surface area (Å²) in [4.78, 5) is 43.3. The molecule has 0 aromatic carbocycles. The second-order valence-electron chi connectivity index (χ2n) is 8.83. The van der Waals surface area contributed by atoms with E-state index in [2.05, 4.69) is 25.3 Å². The highest BCUT2D eigenvalue weighted by Crippen LogP contribution is 2.36. The fourth-order valence-electron chi connectivity index (χ4n) is 4.33. The number of carboxylic acid groups (broad SMARTS) is 1. The van der Waals surface area contributed by atoms with Crippen LogP contribution in [0.2, 0.25) is 10.0 Å². The fraction of sp³-hybridized carbons (Fsp3) is 0.458. The van der Waals surface area contributed by atoms with Crippen LogP contribution in [0.15, 0.2) is 12.4 Å². The molecule has 3 N–H and O–H groups in total. The Hall–Kier alpha value is -2.77. The number of ketones is 1. The normalized spacial score (nSPS) is 17.6. The molecule has 4 heterocycles. The number of H-pyrrole nitrogens is 1. The van der Waals surface area contributed by atoms with Gasteiger partial charge in [0.15, 0.2) is 10.9 Å². The number of nitrogens with one attached hydrogen (secondary N) is 2. The highest BCUT2D eigenvalue weighted by molar-refractivity contribution is 7.17. The van der Waals surface area contributed by atoms with Gasteiger partial charge in [-0.2, -0.15) is 0 Å². The Kier molecular flexibility index (Phi) is 9.21. The summed E-state index contributed by atoms with van der Waals surface area (Å²) in [5.74, 6) is -0.720. The predicted octanol–water partition coefficient (Wildman–Crippen LogP) is 4.41. The summed E-state index contributed by atoms with van der Waals surface area (Å²) in [5.41, 5.74) is 1.58. The molecule has 1 aliphatic heterocycles. The van der Waals surface area contributed by atoms with Crippen LogP contribution >= 0.6 is 34.5 Å². The minimum absolute atomic E-state index is 0.0513. The lowest BCUT2D eigenvalue weighted by Crippen LogP contribution is -2.45. The van der Waals surface area contributed by atoms with Crippen LogP contribution in [0.1, 0.15) is 38.7 Å². The molecular formula is C24H28Cl2N6O5S. The number of aromatic carboxylic acids is 1. The van der Waals surface area contributed by atoms with E-state index < -0.39 is 5.97 Å². The summed E-state index contributed by atoms with van der Waals surface area (Å²) in [6.45, 7) is 3.88. The second kappa shape index (κ2) is 12.4. The number of methoxy groups -OCH3 is 2. The Morgan fingerprint density at radius 2 is 2.05 bits per heavy atom. The highest BCUT2D eigenvalue weighted by Gasteiger charge is 2.34. The average Bonchev–Trinajstić information content (AvgIpc) is 3.47. The van der Waals surface area contributed by atoms with Crippen LogP contribution in [-0.2, 0) is 9.47 Å². The SMILES string of the molecule is COCCNc1cnc(-c2nc(N3CC[C@@H](CC(=O)c4[nH]c(C)c(Cl)c4Cl)[C@@H](OC)C3)sc2C(=O)O)cn1. The third-order valence-corrected chi connectivity index (χ3v) is 8.42. The standard InChI is InChI=1S/C24H28Cl2N6O5S/c1-12-18(25)19(26)21(30-12)15(33)8-13-4-6-32(11-16(13)37-3)24-31-20(22(38-24)23(34)35)14-9-29-17(10-28-14)27-5-7-36-2/h9-10,13,16,30H,4-8,11H2,1-3H3,(H,27,29)(H,34,35)/t13-,16-/m0/s1. The third kappa shape index (κ3) is 6.10. The maximum Gasteiger partial charge on any atom is 0.348 e. The molecule has 3 aromatic heterocycles. The number of rotatable bonds is 11. The third-order valence-electron chi connectivity index (χ3n) is 6.37. The Balaban J connectivity index is 1.48. The number of ether oxygens (including phenoxy) is 2. The van der Waals surface area contributed by atoms with Gasteiger partial charge in [0.1, 0.15) is 27.8 Å². The molecule has 0 saturated carbocycles. The number of carbonyl (C=O) groups is 2. The van der Waals surface area contributed by atoms with Crippen molar-refractivity contribution >= 4 is 57.2 Å². The average molecular weight is 583 g/mol. The Morgan fingerprint density at radius 3 is 2.66 bits per heavy atom. The van der Waals surface area contributed by atoms with Gasteiger partial charge in [0.25, 0.3) is 0 Å². The summed E-state index contributed by atoms with van der Waals surface area (Å²) >= 11 is 13.4. The van der Waals surface area contributed by atoms with Crippen LogP contribution in [0.4, 0.5) is 10.9 Å². The molecule has 0 spiro atoms. The van der Waals surface area contributed by atoms with E-state index in [4.69, 9.17) is 32.7 Å². The van der Waals surface area contributed by atoms with Gasteiger partial charge in [0, 0.05) is 46.0 Å². The van der Waals surface area contributed by atoms with E-state index >= 15 is 0 Å². The van der Waals surface area contributed by atoms with Gasteiger partial charge in [-0.1, -0.05) is 34.5 Å². The number of aromatic amines is 1. The monoisotopic (exact) mass is 582 g/mol. The number of Topliss-reactive ketones (excluding diaryl/α,β-unsaturated/α-hetero) is 1. The Labute approximate surface area is 233 Å².